The van der Waals surface area contributed by atoms with Gasteiger partial charge in [-0.05, 0) is 86.6 Å². The molecule has 0 unspecified atom stereocenters. The molecule has 0 spiro atoms. The highest BCUT2D eigenvalue weighted by molar-refractivity contribution is 6.22. The van der Waals surface area contributed by atoms with Gasteiger partial charge in [-0.3, -0.25) is 0 Å². The van der Waals surface area contributed by atoms with Crippen LogP contribution in [0.3, 0.4) is 0 Å². The molecule has 0 atom stereocenters. The van der Waals surface area contributed by atoms with E-state index in [0.717, 1.165) is 126 Å². The predicted molar refractivity (Wildman–Crippen MR) is 283 cm³/mol. The Labute approximate surface area is 394 Å². The monoisotopic (exact) mass is 880 g/mol. The number of rotatable bonds is 5. The van der Waals surface area contributed by atoms with E-state index in [9.17, 15) is 0 Å². The Hall–Kier alpha value is -9.39. The molecule has 69 heavy (non-hydrogen) atoms. The molecule has 0 fully saturated rings. The molecule has 6 heteroatoms. The molecule has 15 rings (SSSR count). The lowest BCUT2D eigenvalue weighted by atomic mass is 10.0. The summed E-state index contributed by atoms with van der Waals surface area (Å²) in [4.78, 5) is 16.5. The third-order valence-electron chi connectivity index (χ3n) is 14.0. The number of aromatic nitrogens is 4. The summed E-state index contributed by atoms with van der Waals surface area (Å²) >= 11 is 0. The van der Waals surface area contributed by atoms with Crippen LogP contribution in [0, 0.1) is 0 Å². The van der Waals surface area contributed by atoms with Crippen molar-refractivity contribution in [3.05, 3.63) is 218 Å². The van der Waals surface area contributed by atoms with Crippen LogP contribution >= 0.6 is 0 Å². The summed E-state index contributed by atoms with van der Waals surface area (Å²) in [6, 6.07) is 76.9. The standard InChI is InChI=1S/C63H36N4O2/c1-2-14-37(15-3-1)39-21-12-22-44(30-39)61-64-62(48-25-13-27-56-59(48)47-24-10-11-26-55(47)68-56)66-63(65-61)52-35-51-50-32-41-18-5-7-20-43(41)34-57(50)69-58(51)36-54(52)67-53-33-42-19-6-4-17-40(42)31-49(53)46-29-28-38-16-8-9-23-45(38)60(46)67/h1-36H. The van der Waals surface area contributed by atoms with E-state index in [1.165, 1.54) is 5.39 Å². The van der Waals surface area contributed by atoms with Crippen LogP contribution in [-0.2, 0) is 0 Å². The van der Waals surface area contributed by atoms with Gasteiger partial charge in [-0.25, -0.2) is 15.0 Å². The van der Waals surface area contributed by atoms with E-state index in [4.69, 9.17) is 23.8 Å². The van der Waals surface area contributed by atoms with Crippen molar-refractivity contribution in [2.45, 2.75) is 0 Å². The maximum Gasteiger partial charge on any atom is 0.166 e. The highest BCUT2D eigenvalue weighted by atomic mass is 16.3. The van der Waals surface area contributed by atoms with Crippen molar-refractivity contribution in [2.75, 3.05) is 0 Å². The Balaban J connectivity index is 1.10. The van der Waals surface area contributed by atoms with Crippen LogP contribution in [0.4, 0.5) is 0 Å². The lowest BCUT2D eigenvalue weighted by molar-refractivity contribution is 0.668. The molecular weight excluding hydrogens is 845 g/mol. The number of fused-ring (bicyclic) bond motifs is 13. The van der Waals surface area contributed by atoms with Gasteiger partial charge in [-0.2, -0.15) is 0 Å². The van der Waals surface area contributed by atoms with E-state index in [1.54, 1.807) is 0 Å². The number of hydrogen-bond donors (Lipinski definition) is 0. The van der Waals surface area contributed by atoms with Gasteiger partial charge >= 0.3 is 0 Å². The van der Waals surface area contributed by atoms with Crippen LogP contribution in [0.5, 0.6) is 0 Å². The van der Waals surface area contributed by atoms with Crippen LogP contribution in [0.1, 0.15) is 0 Å². The van der Waals surface area contributed by atoms with Crippen molar-refractivity contribution in [3.63, 3.8) is 0 Å². The molecular formula is C63H36N4O2. The van der Waals surface area contributed by atoms with Crippen molar-refractivity contribution in [3.8, 4) is 51.0 Å². The van der Waals surface area contributed by atoms with Crippen LogP contribution in [0.15, 0.2) is 227 Å². The second-order valence-corrected chi connectivity index (χ2v) is 17.9. The maximum absolute atomic E-state index is 6.92. The highest BCUT2D eigenvalue weighted by Gasteiger charge is 2.25. The first-order chi connectivity index (χ1) is 34.2. The minimum absolute atomic E-state index is 0.535. The largest absolute Gasteiger partial charge is 0.456 e. The molecule has 0 aliphatic heterocycles. The van der Waals surface area contributed by atoms with E-state index in [2.05, 4.69) is 187 Å². The fourth-order valence-corrected chi connectivity index (χ4v) is 10.7. The summed E-state index contributed by atoms with van der Waals surface area (Å²) in [6.45, 7) is 0. The quantitative estimate of drug-likeness (QED) is 0.172. The molecule has 0 saturated carbocycles. The van der Waals surface area contributed by atoms with Gasteiger partial charge < -0.3 is 13.4 Å². The van der Waals surface area contributed by atoms with Crippen LogP contribution in [-0.4, -0.2) is 19.5 Å². The molecule has 4 aromatic heterocycles. The molecule has 0 radical (unpaired) electrons. The summed E-state index contributed by atoms with van der Waals surface area (Å²) in [6.07, 6.45) is 0. The second-order valence-electron chi connectivity index (χ2n) is 17.9. The molecule has 0 N–H and O–H groups in total. The zero-order chi connectivity index (χ0) is 45.2. The molecule has 6 nitrogen and oxygen atoms in total. The Bertz CT molecular complexity index is 4620. The molecule has 0 saturated heterocycles. The summed E-state index contributed by atoms with van der Waals surface area (Å²) in [5, 5.41) is 13.2. The third-order valence-corrected chi connectivity index (χ3v) is 14.0. The molecule has 15 aromatic rings. The lowest BCUT2D eigenvalue weighted by Gasteiger charge is -2.16. The Morgan fingerprint density at radius 3 is 1.71 bits per heavy atom. The first-order valence-corrected chi connectivity index (χ1v) is 23.2. The number of benzene rings is 11. The summed E-state index contributed by atoms with van der Waals surface area (Å²) in [5.41, 5.74) is 11.0. The molecule has 320 valence electrons. The first-order valence-electron chi connectivity index (χ1n) is 23.2. The topological polar surface area (TPSA) is 69.9 Å². The van der Waals surface area contributed by atoms with E-state index in [1.807, 2.05) is 36.4 Å². The second kappa shape index (κ2) is 14.6. The molecule has 0 aliphatic carbocycles. The van der Waals surface area contributed by atoms with Gasteiger partial charge in [0.1, 0.15) is 22.3 Å². The van der Waals surface area contributed by atoms with E-state index in [0.29, 0.717) is 17.5 Å². The van der Waals surface area contributed by atoms with Crippen molar-refractivity contribution in [1.82, 2.24) is 19.5 Å². The normalized spacial score (nSPS) is 12.1. The summed E-state index contributed by atoms with van der Waals surface area (Å²) in [7, 11) is 0. The minimum atomic E-state index is 0.535. The van der Waals surface area contributed by atoms with Crippen LogP contribution < -0.4 is 0 Å². The Kier molecular flexibility index (Phi) is 7.97. The van der Waals surface area contributed by atoms with Crippen molar-refractivity contribution in [2.24, 2.45) is 0 Å². The van der Waals surface area contributed by atoms with Crippen LogP contribution in [0.2, 0.25) is 0 Å². The van der Waals surface area contributed by atoms with Crippen molar-refractivity contribution in [1.29, 1.82) is 0 Å². The predicted octanol–water partition coefficient (Wildman–Crippen LogP) is 16.9. The van der Waals surface area contributed by atoms with E-state index < -0.39 is 0 Å². The zero-order valence-corrected chi connectivity index (χ0v) is 36.9. The number of nitrogens with zero attached hydrogens (tertiary/aromatic N) is 4. The van der Waals surface area contributed by atoms with E-state index in [-0.39, 0.29) is 0 Å². The van der Waals surface area contributed by atoms with Gasteiger partial charge in [-0.1, -0.05) is 164 Å². The van der Waals surface area contributed by atoms with Crippen molar-refractivity contribution >= 4 is 98.0 Å². The smallest absolute Gasteiger partial charge is 0.166 e. The SMILES string of the molecule is c1ccc(-c2cccc(-c3nc(-c4cc5c(cc4-n4c6cc7ccccc7cc6c6ccc7ccccc7c64)oc4cc6ccccc6cc45)nc(-c4cccc5oc6ccccc6c45)n3)c2)cc1. The van der Waals surface area contributed by atoms with Gasteiger partial charge in [0.2, 0.25) is 0 Å². The van der Waals surface area contributed by atoms with Crippen molar-refractivity contribution < 1.29 is 8.83 Å². The molecule has 11 aromatic carbocycles. The van der Waals surface area contributed by atoms with Crippen LogP contribution in [0.25, 0.3) is 149 Å². The average molecular weight is 881 g/mol. The van der Waals surface area contributed by atoms with Gasteiger partial charge in [0.05, 0.1) is 16.7 Å². The summed E-state index contributed by atoms with van der Waals surface area (Å²) in [5.74, 6) is 1.64. The zero-order valence-electron chi connectivity index (χ0n) is 36.9. The molecule has 0 amide bonds. The minimum Gasteiger partial charge on any atom is -0.456 e. The molecule has 4 heterocycles. The molecule has 0 aliphatic rings. The number of hydrogen-bond acceptors (Lipinski definition) is 5. The molecule has 0 bridgehead atoms. The first kappa shape index (κ1) is 37.8. The third kappa shape index (κ3) is 5.82. The lowest BCUT2D eigenvalue weighted by Crippen LogP contribution is -2.04. The number of para-hydroxylation sites is 1. The van der Waals surface area contributed by atoms with Gasteiger partial charge in [-0.15, -0.1) is 0 Å². The Morgan fingerprint density at radius 2 is 0.884 bits per heavy atom. The fraction of sp³-hybridized carbons (Fsp3) is 0. The highest BCUT2D eigenvalue weighted by Crippen LogP contribution is 2.45. The maximum atomic E-state index is 6.92. The van der Waals surface area contributed by atoms with Gasteiger partial charge in [0.25, 0.3) is 0 Å². The van der Waals surface area contributed by atoms with Gasteiger partial charge in [0, 0.05) is 60.5 Å². The van der Waals surface area contributed by atoms with Gasteiger partial charge in [0.15, 0.2) is 17.5 Å². The van der Waals surface area contributed by atoms with E-state index >= 15 is 0 Å². The average Bonchev–Trinajstić information content (AvgIpc) is 4.08. The Morgan fingerprint density at radius 1 is 0.304 bits per heavy atom. The summed E-state index contributed by atoms with van der Waals surface area (Å²) < 4.78 is 15.8. The number of furan rings is 2. The fourth-order valence-electron chi connectivity index (χ4n) is 10.7.